The largest absolute Gasteiger partial charge is 0.508 e. The number of phenolic OH excluding ortho intramolecular Hbond substituents is 1. The van der Waals surface area contributed by atoms with Crippen LogP contribution in [0.3, 0.4) is 0 Å². The summed E-state index contributed by atoms with van der Waals surface area (Å²) in [6.07, 6.45) is 4.18. The summed E-state index contributed by atoms with van der Waals surface area (Å²) in [6.45, 7) is 4.06. The second kappa shape index (κ2) is 6.83. The molecule has 21 heavy (non-hydrogen) atoms. The van der Waals surface area contributed by atoms with Gasteiger partial charge in [-0.25, -0.2) is 14.8 Å². The lowest BCUT2D eigenvalue weighted by Gasteiger charge is -2.06. The Bertz CT molecular complexity index is 624. The minimum absolute atomic E-state index is 0.281. The van der Waals surface area contributed by atoms with E-state index in [0.29, 0.717) is 30.8 Å². The molecule has 1 aromatic heterocycles. The third kappa shape index (κ3) is 4.02. The van der Waals surface area contributed by atoms with Crippen LogP contribution in [0.1, 0.15) is 34.2 Å². The number of aryl methyl sites for hydroxylation is 3. The van der Waals surface area contributed by atoms with E-state index in [1.54, 1.807) is 13.0 Å². The highest BCUT2D eigenvalue weighted by Crippen LogP contribution is 2.19. The Kier molecular flexibility index (Phi) is 4.87. The molecule has 0 saturated heterocycles. The molecule has 0 aliphatic rings. The van der Waals surface area contributed by atoms with Gasteiger partial charge in [-0.2, -0.15) is 0 Å². The Labute approximate surface area is 123 Å². The highest BCUT2D eigenvalue weighted by atomic mass is 16.5. The van der Waals surface area contributed by atoms with Crippen molar-refractivity contribution in [3.63, 3.8) is 0 Å². The zero-order valence-corrected chi connectivity index (χ0v) is 12.2. The maximum absolute atomic E-state index is 11.5. The Morgan fingerprint density at radius 1 is 1.24 bits per heavy atom. The molecule has 2 rings (SSSR count). The van der Waals surface area contributed by atoms with E-state index in [1.807, 2.05) is 19.1 Å². The fourth-order valence-corrected chi connectivity index (χ4v) is 1.96. The molecular weight excluding hydrogens is 268 g/mol. The molecule has 0 saturated carbocycles. The normalized spacial score (nSPS) is 10.4. The highest BCUT2D eigenvalue weighted by Gasteiger charge is 2.08. The van der Waals surface area contributed by atoms with Crippen LogP contribution in [0.4, 0.5) is 0 Å². The molecule has 1 aromatic carbocycles. The Balaban J connectivity index is 2.00. The molecule has 0 fully saturated rings. The molecule has 1 N–H and O–H groups in total. The van der Waals surface area contributed by atoms with Crippen LogP contribution < -0.4 is 0 Å². The number of nitrogens with zero attached hydrogens (tertiary/aromatic N) is 2. The number of benzene rings is 1. The number of hydrogen-bond acceptors (Lipinski definition) is 5. The zero-order valence-electron chi connectivity index (χ0n) is 12.2. The standard InChI is InChI=1S/C16H18N2O3/c1-3-21-16(20)13-9-17-15(18-10-13)7-5-12-8-11(2)4-6-14(12)19/h4,6,8-10,19H,3,5,7H2,1-2H3. The third-order valence-corrected chi connectivity index (χ3v) is 3.07. The number of phenols is 1. The molecule has 0 bridgehead atoms. The summed E-state index contributed by atoms with van der Waals surface area (Å²) in [6, 6.07) is 5.50. The van der Waals surface area contributed by atoms with E-state index < -0.39 is 5.97 Å². The van der Waals surface area contributed by atoms with Crippen molar-refractivity contribution in [3.05, 3.63) is 53.1 Å². The Hall–Kier alpha value is -2.43. The average molecular weight is 286 g/mol. The zero-order chi connectivity index (χ0) is 15.2. The number of hydrogen-bond donors (Lipinski definition) is 1. The highest BCUT2D eigenvalue weighted by molar-refractivity contribution is 5.88. The first kappa shape index (κ1) is 15.0. The van der Waals surface area contributed by atoms with Gasteiger partial charge in [-0.1, -0.05) is 17.7 Å². The first-order valence-corrected chi connectivity index (χ1v) is 6.86. The molecule has 0 aliphatic carbocycles. The smallest absolute Gasteiger partial charge is 0.341 e. The summed E-state index contributed by atoms with van der Waals surface area (Å²) in [5.41, 5.74) is 2.31. The van der Waals surface area contributed by atoms with E-state index in [1.165, 1.54) is 12.4 Å². The van der Waals surface area contributed by atoms with Crippen molar-refractivity contribution in [1.29, 1.82) is 0 Å². The summed E-state index contributed by atoms with van der Waals surface area (Å²) in [4.78, 5) is 19.8. The molecule has 5 nitrogen and oxygen atoms in total. The second-order valence-corrected chi connectivity index (χ2v) is 4.74. The van der Waals surface area contributed by atoms with Gasteiger partial charge in [0.05, 0.1) is 12.2 Å². The van der Waals surface area contributed by atoms with Gasteiger partial charge in [0.2, 0.25) is 0 Å². The van der Waals surface area contributed by atoms with Crippen molar-refractivity contribution in [2.75, 3.05) is 6.61 Å². The summed E-state index contributed by atoms with van der Waals surface area (Å²) in [5, 5.41) is 9.79. The van der Waals surface area contributed by atoms with Crippen LogP contribution in [0.2, 0.25) is 0 Å². The summed E-state index contributed by atoms with van der Waals surface area (Å²) >= 11 is 0. The fourth-order valence-electron chi connectivity index (χ4n) is 1.96. The first-order valence-electron chi connectivity index (χ1n) is 6.86. The molecule has 0 spiro atoms. The van der Waals surface area contributed by atoms with Gasteiger partial charge in [0.1, 0.15) is 11.6 Å². The lowest BCUT2D eigenvalue weighted by atomic mass is 10.1. The van der Waals surface area contributed by atoms with Crippen molar-refractivity contribution >= 4 is 5.97 Å². The number of aromatic hydroxyl groups is 1. The average Bonchev–Trinajstić information content (AvgIpc) is 2.49. The number of carbonyl (C=O) groups excluding carboxylic acids is 1. The quantitative estimate of drug-likeness (QED) is 0.855. The van der Waals surface area contributed by atoms with E-state index in [4.69, 9.17) is 4.74 Å². The predicted octanol–water partition coefficient (Wildman–Crippen LogP) is 2.45. The van der Waals surface area contributed by atoms with E-state index in [2.05, 4.69) is 9.97 Å². The van der Waals surface area contributed by atoms with Gasteiger partial charge in [0.25, 0.3) is 0 Å². The van der Waals surface area contributed by atoms with Gasteiger partial charge in [-0.15, -0.1) is 0 Å². The topological polar surface area (TPSA) is 72.3 Å². The predicted molar refractivity (Wildman–Crippen MR) is 78.2 cm³/mol. The van der Waals surface area contributed by atoms with E-state index in [0.717, 1.165) is 11.1 Å². The first-order chi connectivity index (χ1) is 10.1. The lowest BCUT2D eigenvalue weighted by molar-refractivity contribution is 0.0525. The van der Waals surface area contributed by atoms with Crippen molar-refractivity contribution in [3.8, 4) is 5.75 Å². The van der Waals surface area contributed by atoms with E-state index >= 15 is 0 Å². The van der Waals surface area contributed by atoms with Gasteiger partial charge in [-0.05, 0) is 31.9 Å². The number of rotatable bonds is 5. The van der Waals surface area contributed by atoms with Crippen molar-refractivity contribution in [1.82, 2.24) is 9.97 Å². The van der Waals surface area contributed by atoms with Crippen LogP contribution in [0.25, 0.3) is 0 Å². The molecule has 2 aromatic rings. The molecule has 0 radical (unpaired) electrons. The molecule has 110 valence electrons. The van der Waals surface area contributed by atoms with Gasteiger partial charge in [0, 0.05) is 18.8 Å². The second-order valence-electron chi connectivity index (χ2n) is 4.74. The van der Waals surface area contributed by atoms with Crippen molar-refractivity contribution in [2.24, 2.45) is 0 Å². The number of aromatic nitrogens is 2. The molecule has 0 aliphatic heterocycles. The van der Waals surface area contributed by atoms with Gasteiger partial charge >= 0.3 is 5.97 Å². The maximum atomic E-state index is 11.5. The van der Waals surface area contributed by atoms with Gasteiger partial charge in [-0.3, -0.25) is 0 Å². The monoisotopic (exact) mass is 286 g/mol. The molecule has 5 heteroatoms. The third-order valence-electron chi connectivity index (χ3n) is 3.07. The minimum Gasteiger partial charge on any atom is -0.508 e. The summed E-state index contributed by atoms with van der Waals surface area (Å²) in [5.74, 6) is 0.494. The van der Waals surface area contributed by atoms with Crippen LogP contribution in [0.5, 0.6) is 5.75 Å². The van der Waals surface area contributed by atoms with Crippen LogP contribution >= 0.6 is 0 Å². The van der Waals surface area contributed by atoms with Gasteiger partial charge < -0.3 is 9.84 Å². The maximum Gasteiger partial charge on any atom is 0.341 e. The van der Waals surface area contributed by atoms with Crippen molar-refractivity contribution < 1.29 is 14.6 Å². The fraction of sp³-hybridized carbons (Fsp3) is 0.312. The van der Waals surface area contributed by atoms with E-state index in [9.17, 15) is 9.90 Å². The summed E-state index contributed by atoms with van der Waals surface area (Å²) in [7, 11) is 0. The molecule has 0 atom stereocenters. The molecule has 0 unspecified atom stereocenters. The van der Waals surface area contributed by atoms with Gasteiger partial charge in [0.15, 0.2) is 0 Å². The minimum atomic E-state index is -0.416. The SMILES string of the molecule is CCOC(=O)c1cnc(CCc2cc(C)ccc2O)nc1. The lowest BCUT2D eigenvalue weighted by Crippen LogP contribution is -2.07. The molecule has 1 heterocycles. The molecule has 0 amide bonds. The number of carbonyl (C=O) groups is 1. The summed E-state index contributed by atoms with van der Waals surface area (Å²) < 4.78 is 4.87. The van der Waals surface area contributed by atoms with Crippen LogP contribution in [0, 0.1) is 6.92 Å². The van der Waals surface area contributed by atoms with Crippen LogP contribution in [0.15, 0.2) is 30.6 Å². The van der Waals surface area contributed by atoms with Crippen LogP contribution in [-0.2, 0) is 17.6 Å². The molecular formula is C16H18N2O3. The number of esters is 1. The Morgan fingerprint density at radius 2 is 1.95 bits per heavy atom. The van der Waals surface area contributed by atoms with Crippen LogP contribution in [-0.4, -0.2) is 27.7 Å². The van der Waals surface area contributed by atoms with Crippen molar-refractivity contribution in [2.45, 2.75) is 26.7 Å². The number of ether oxygens (including phenoxy) is 1. The Morgan fingerprint density at radius 3 is 2.62 bits per heavy atom. The van der Waals surface area contributed by atoms with E-state index in [-0.39, 0.29) is 5.75 Å².